The number of fused-ring (bicyclic) bond motifs is 1. The first-order chi connectivity index (χ1) is 18.3. The van der Waals surface area contributed by atoms with Crippen LogP contribution >= 0.6 is 0 Å². The number of carbonyl (C=O) groups excluding carboxylic acids is 2. The lowest BCUT2D eigenvalue weighted by Crippen LogP contribution is -2.43. The number of amides is 3. The van der Waals surface area contributed by atoms with E-state index in [0.717, 1.165) is 42.5 Å². The van der Waals surface area contributed by atoms with Crippen LogP contribution < -0.4 is 10.6 Å². The van der Waals surface area contributed by atoms with Gasteiger partial charge in [-0.25, -0.2) is 4.79 Å². The number of anilines is 1. The van der Waals surface area contributed by atoms with E-state index in [9.17, 15) is 22.8 Å². The zero-order valence-electron chi connectivity index (χ0n) is 21.4. The molecule has 8 heteroatoms. The van der Waals surface area contributed by atoms with Gasteiger partial charge in [0.2, 0.25) is 0 Å². The highest BCUT2D eigenvalue weighted by atomic mass is 19.4. The van der Waals surface area contributed by atoms with Crippen LogP contribution in [0.25, 0.3) is 11.1 Å². The molecule has 3 aromatic rings. The number of carbonyl (C=O) groups is 2. The molecule has 2 N–H and O–H groups in total. The van der Waals surface area contributed by atoms with Crippen molar-refractivity contribution in [3.63, 3.8) is 0 Å². The molecule has 0 saturated carbocycles. The Kier molecular flexibility index (Phi) is 8.71. The van der Waals surface area contributed by atoms with Crippen molar-refractivity contribution in [2.75, 3.05) is 18.4 Å². The third-order valence-corrected chi connectivity index (χ3v) is 6.77. The Balaban J connectivity index is 1.41. The van der Waals surface area contributed by atoms with Crippen molar-refractivity contribution in [2.45, 2.75) is 51.7 Å². The molecule has 1 heterocycles. The molecule has 1 aliphatic rings. The molecular formula is C30H32F3N3O2. The molecule has 200 valence electrons. The summed E-state index contributed by atoms with van der Waals surface area (Å²) in [6, 6.07) is 17.2. The van der Waals surface area contributed by atoms with Crippen molar-refractivity contribution < 1.29 is 22.8 Å². The number of nitrogens with one attached hydrogen (secondary N) is 2. The van der Waals surface area contributed by atoms with Crippen LogP contribution in [-0.2, 0) is 19.1 Å². The first-order valence-electron chi connectivity index (χ1n) is 13.0. The van der Waals surface area contributed by atoms with Crippen molar-refractivity contribution in [3.05, 3.63) is 89.0 Å². The standard InChI is InChI=1S/C30H32F3N3O2/c1-2-3-4-7-17-34-29(38)36-18-16-22-19-25(15-12-23(22)20-36)35-28(37)27-9-6-5-8-26(27)21-10-13-24(14-11-21)30(31,32)33/h5-6,8-15,19H,2-4,7,16-18,20H2,1H3,(H,34,38)(H,35,37). The maximum Gasteiger partial charge on any atom is 0.416 e. The van der Waals surface area contributed by atoms with Crippen LogP contribution in [0.2, 0.25) is 0 Å². The van der Waals surface area contributed by atoms with Crippen molar-refractivity contribution in [1.82, 2.24) is 10.2 Å². The van der Waals surface area contributed by atoms with Crippen LogP contribution in [0.4, 0.5) is 23.7 Å². The molecule has 3 amide bonds. The van der Waals surface area contributed by atoms with E-state index in [1.165, 1.54) is 18.6 Å². The number of alkyl halides is 3. The molecule has 38 heavy (non-hydrogen) atoms. The fourth-order valence-electron chi connectivity index (χ4n) is 4.63. The molecular weight excluding hydrogens is 491 g/mol. The summed E-state index contributed by atoms with van der Waals surface area (Å²) in [5.74, 6) is -0.347. The van der Waals surface area contributed by atoms with Crippen LogP contribution in [0.3, 0.4) is 0 Å². The second-order valence-electron chi connectivity index (χ2n) is 9.52. The summed E-state index contributed by atoms with van der Waals surface area (Å²) >= 11 is 0. The van der Waals surface area contributed by atoms with E-state index in [0.29, 0.717) is 48.4 Å². The summed E-state index contributed by atoms with van der Waals surface area (Å²) in [6.45, 7) is 3.95. The lowest BCUT2D eigenvalue weighted by atomic mass is 9.97. The van der Waals surface area contributed by atoms with Crippen LogP contribution in [-0.4, -0.2) is 29.9 Å². The van der Waals surface area contributed by atoms with Gasteiger partial charge in [-0.1, -0.05) is 62.6 Å². The van der Waals surface area contributed by atoms with Crippen molar-refractivity contribution in [2.24, 2.45) is 0 Å². The molecule has 0 spiro atoms. The first-order valence-corrected chi connectivity index (χ1v) is 13.0. The first kappa shape index (κ1) is 27.2. The monoisotopic (exact) mass is 523 g/mol. The minimum Gasteiger partial charge on any atom is -0.338 e. The number of nitrogens with zero attached hydrogens (tertiary/aromatic N) is 1. The zero-order valence-corrected chi connectivity index (χ0v) is 21.4. The molecule has 0 bridgehead atoms. The summed E-state index contributed by atoms with van der Waals surface area (Å²) in [5, 5.41) is 5.92. The highest BCUT2D eigenvalue weighted by Gasteiger charge is 2.30. The lowest BCUT2D eigenvalue weighted by Gasteiger charge is -2.29. The van der Waals surface area contributed by atoms with Gasteiger partial charge < -0.3 is 15.5 Å². The molecule has 5 nitrogen and oxygen atoms in total. The molecule has 0 radical (unpaired) electrons. The molecule has 0 aliphatic carbocycles. The van der Waals surface area contributed by atoms with Crippen molar-refractivity contribution >= 4 is 17.6 Å². The topological polar surface area (TPSA) is 61.4 Å². The Hall–Kier alpha value is -3.81. The van der Waals surface area contributed by atoms with Gasteiger partial charge in [0.15, 0.2) is 0 Å². The van der Waals surface area contributed by atoms with Crippen molar-refractivity contribution in [1.29, 1.82) is 0 Å². The summed E-state index contributed by atoms with van der Waals surface area (Å²) in [7, 11) is 0. The van der Waals surface area contributed by atoms with E-state index in [1.807, 2.05) is 18.2 Å². The molecule has 0 aromatic heterocycles. The highest BCUT2D eigenvalue weighted by molar-refractivity contribution is 6.08. The Bertz CT molecular complexity index is 1270. The van der Waals surface area contributed by atoms with E-state index in [1.54, 1.807) is 29.2 Å². The minimum absolute atomic E-state index is 0.0515. The molecule has 0 unspecified atom stereocenters. The smallest absolute Gasteiger partial charge is 0.338 e. The lowest BCUT2D eigenvalue weighted by molar-refractivity contribution is -0.137. The maximum atomic E-state index is 13.2. The van der Waals surface area contributed by atoms with Gasteiger partial charge in [0.1, 0.15) is 0 Å². The van der Waals surface area contributed by atoms with Crippen LogP contribution in [0, 0.1) is 0 Å². The zero-order chi connectivity index (χ0) is 27.1. The Morgan fingerprint density at radius 2 is 1.68 bits per heavy atom. The highest BCUT2D eigenvalue weighted by Crippen LogP contribution is 2.32. The van der Waals surface area contributed by atoms with Gasteiger partial charge in [-0.15, -0.1) is 0 Å². The third-order valence-electron chi connectivity index (χ3n) is 6.77. The van der Waals surface area contributed by atoms with Crippen LogP contribution in [0.15, 0.2) is 66.7 Å². The SMILES string of the molecule is CCCCCCNC(=O)N1CCc2cc(NC(=O)c3ccccc3-c3ccc(C(F)(F)F)cc3)ccc2C1. The fraction of sp³-hybridized carbons (Fsp3) is 0.333. The van der Waals surface area contributed by atoms with Gasteiger partial charge in [-0.3, -0.25) is 4.79 Å². The second-order valence-corrected chi connectivity index (χ2v) is 9.52. The van der Waals surface area contributed by atoms with Gasteiger partial charge in [0.25, 0.3) is 5.91 Å². The number of urea groups is 1. The summed E-state index contributed by atoms with van der Waals surface area (Å²) in [5.41, 5.74) is 3.45. The molecule has 0 saturated heterocycles. The van der Waals surface area contributed by atoms with Gasteiger partial charge in [-0.05, 0) is 65.4 Å². The number of hydrogen-bond donors (Lipinski definition) is 2. The van der Waals surface area contributed by atoms with E-state index >= 15 is 0 Å². The van der Waals surface area contributed by atoms with Crippen LogP contribution in [0.5, 0.6) is 0 Å². The second kappa shape index (κ2) is 12.2. The number of unbranched alkanes of at least 4 members (excludes halogenated alkanes) is 3. The number of rotatable bonds is 8. The maximum absolute atomic E-state index is 13.2. The predicted octanol–water partition coefficient (Wildman–Crippen LogP) is 7.27. The Labute approximate surface area is 221 Å². The predicted molar refractivity (Wildman–Crippen MR) is 143 cm³/mol. The third kappa shape index (κ3) is 6.73. The molecule has 1 aliphatic heterocycles. The Morgan fingerprint density at radius 3 is 2.42 bits per heavy atom. The van der Waals surface area contributed by atoms with E-state index in [4.69, 9.17) is 0 Å². The van der Waals surface area contributed by atoms with E-state index in [-0.39, 0.29) is 11.9 Å². The fourth-order valence-corrected chi connectivity index (χ4v) is 4.63. The summed E-state index contributed by atoms with van der Waals surface area (Å²) in [6.07, 6.45) is 0.691. The number of hydrogen-bond acceptors (Lipinski definition) is 2. The molecule has 3 aromatic carbocycles. The van der Waals surface area contributed by atoms with Gasteiger partial charge in [0, 0.05) is 30.9 Å². The summed E-state index contributed by atoms with van der Waals surface area (Å²) in [4.78, 5) is 27.5. The quantitative estimate of drug-likeness (QED) is 0.305. The van der Waals surface area contributed by atoms with Gasteiger partial charge in [-0.2, -0.15) is 13.2 Å². The number of benzene rings is 3. The summed E-state index contributed by atoms with van der Waals surface area (Å²) < 4.78 is 38.9. The normalized spacial score (nSPS) is 13.1. The van der Waals surface area contributed by atoms with E-state index < -0.39 is 11.7 Å². The van der Waals surface area contributed by atoms with Crippen molar-refractivity contribution in [3.8, 4) is 11.1 Å². The van der Waals surface area contributed by atoms with E-state index in [2.05, 4.69) is 17.6 Å². The molecule has 4 rings (SSSR count). The minimum atomic E-state index is -4.42. The van der Waals surface area contributed by atoms with Gasteiger partial charge in [0.05, 0.1) is 5.56 Å². The van der Waals surface area contributed by atoms with Gasteiger partial charge >= 0.3 is 12.2 Å². The van der Waals surface area contributed by atoms with Crippen LogP contribution in [0.1, 0.15) is 59.7 Å². The average molecular weight is 524 g/mol. The number of halogens is 3. The largest absolute Gasteiger partial charge is 0.416 e. The Morgan fingerprint density at radius 1 is 0.921 bits per heavy atom. The average Bonchev–Trinajstić information content (AvgIpc) is 2.92. The molecule has 0 fully saturated rings. The molecule has 0 atom stereocenters.